The maximum atomic E-state index is 6.69. The Morgan fingerprint density at radius 2 is 0.841 bits per heavy atom. The van der Waals surface area contributed by atoms with Gasteiger partial charge in [0.1, 0.15) is 22.7 Å². The zero-order chi connectivity index (χ0) is 28.8. The molecule has 3 nitrogen and oxygen atoms in total. The lowest BCUT2D eigenvalue weighted by molar-refractivity contribution is 0.627. The van der Waals surface area contributed by atoms with Gasteiger partial charge in [-0.25, -0.2) is 0 Å². The Kier molecular flexibility index (Phi) is 4.80. The number of nitrogens with zero attached hydrogens (tertiary/aromatic N) is 1. The Balaban J connectivity index is 1.27. The molecule has 4 heterocycles. The van der Waals surface area contributed by atoms with E-state index >= 15 is 0 Å². The molecule has 204 valence electrons. The van der Waals surface area contributed by atoms with Crippen LogP contribution in [0.1, 0.15) is 0 Å². The van der Waals surface area contributed by atoms with Crippen LogP contribution in [0.25, 0.3) is 72.1 Å². The van der Waals surface area contributed by atoms with E-state index in [-0.39, 0.29) is 6.71 Å². The summed E-state index contributed by atoms with van der Waals surface area (Å²) in [5.41, 5.74) is 11.0. The van der Waals surface area contributed by atoms with E-state index in [1.165, 1.54) is 38.2 Å². The molecule has 10 rings (SSSR count). The van der Waals surface area contributed by atoms with Crippen molar-refractivity contribution in [3.05, 3.63) is 146 Å². The normalized spacial score (nSPS) is 12.5. The predicted molar refractivity (Wildman–Crippen MR) is 182 cm³/mol. The lowest BCUT2D eigenvalue weighted by Gasteiger charge is -2.16. The molecule has 0 radical (unpaired) electrons. The third kappa shape index (κ3) is 3.17. The van der Waals surface area contributed by atoms with Crippen LogP contribution in [0.2, 0.25) is 0 Å². The number of rotatable bonds is 2. The van der Waals surface area contributed by atoms with Gasteiger partial charge >= 0.3 is 0 Å². The van der Waals surface area contributed by atoms with Gasteiger partial charge in [-0.05, 0) is 47.3 Å². The molecular formula is C40H24BNO2. The summed E-state index contributed by atoms with van der Waals surface area (Å²) in [6.07, 6.45) is 0. The molecule has 44 heavy (non-hydrogen) atoms. The van der Waals surface area contributed by atoms with Crippen LogP contribution in [-0.2, 0) is 0 Å². The highest BCUT2D eigenvalue weighted by molar-refractivity contribution is 7.00. The molecule has 9 aromatic rings. The molecular weight excluding hydrogens is 537 g/mol. The molecule has 0 aliphatic carbocycles. The monoisotopic (exact) mass is 561 g/mol. The Bertz CT molecular complexity index is 2410. The summed E-state index contributed by atoms with van der Waals surface area (Å²) in [5.74, 6) is 1.82. The first kappa shape index (κ1) is 23.8. The van der Waals surface area contributed by atoms with Crippen LogP contribution in [-0.4, -0.2) is 11.3 Å². The lowest BCUT2D eigenvalue weighted by Crippen LogP contribution is -2.52. The second-order valence-electron chi connectivity index (χ2n) is 11.6. The van der Waals surface area contributed by atoms with Crippen molar-refractivity contribution < 1.29 is 8.83 Å². The smallest absolute Gasteiger partial charge is 0.252 e. The summed E-state index contributed by atoms with van der Waals surface area (Å²) >= 11 is 0. The number of fused-ring (bicyclic) bond motifs is 12. The van der Waals surface area contributed by atoms with Crippen LogP contribution in [0.15, 0.2) is 154 Å². The van der Waals surface area contributed by atoms with Crippen molar-refractivity contribution in [1.82, 2.24) is 4.57 Å². The van der Waals surface area contributed by atoms with Gasteiger partial charge in [0.25, 0.3) is 6.71 Å². The predicted octanol–water partition coefficient (Wildman–Crippen LogP) is 8.44. The van der Waals surface area contributed by atoms with Crippen molar-refractivity contribution in [1.29, 1.82) is 0 Å². The minimum atomic E-state index is -0.0908. The number of furan rings is 2. The molecule has 0 saturated heterocycles. The topological polar surface area (TPSA) is 31.2 Å². The number of benzene rings is 6. The number of aromatic nitrogens is 1. The first-order valence-corrected chi connectivity index (χ1v) is 15.1. The van der Waals surface area contributed by atoms with Crippen LogP contribution in [0.3, 0.4) is 0 Å². The molecule has 0 unspecified atom stereocenters. The fraction of sp³-hybridized carbons (Fsp3) is 0. The van der Waals surface area contributed by atoms with Gasteiger partial charge in [-0.1, -0.05) is 115 Å². The van der Waals surface area contributed by atoms with Crippen molar-refractivity contribution >= 4 is 66.8 Å². The molecule has 0 bridgehead atoms. The van der Waals surface area contributed by atoms with Crippen molar-refractivity contribution in [2.75, 3.05) is 0 Å². The molecule has 0 fully saturated rings. The quantitative estimate of drug-likeness (QED) is 0.198. The van der Waals surface area contributed by atoms with E-state index in [1.54, 1.807) is 0 Å². The highest BCUT2D eigenvalue weighted by atomic mass is 16.3. The molecule has 0 saturated carbocycles. The minimum absolute atomic E-state index is 0.0908. The third-order valence-corrected chi connectivity index (χ3v) is 9.33. The molecule has 1 aliphatic heterocycles. The zero-order valence-electron chi connectivity index (χ0n) is 23.7. The third-order valence-electron chi connectivity index (χ3n) is 9.33. The van der Waals surface area contributed by atoms with Crippen LogP contribution in [0.4, 0.5) is 0 Å². The first-order chi connectivity index (χ1) is 21.8. The van der Waals surface area contributed by atoms with E-state index in [0.717, 1.165) is 50.3 Å². The van der Waals surface area contributed by atoms with Gasteiger partial charge < -0.3 is 13.4 Å². The van der Waals surface area contributed by atoms with E-state index < -0.39 is 0 Å². The average molecular weight is 561 g/mol. The summed E-state index contributed by atoms with van der Waals surface area (Å²) in [7, 11) is 0. The van der Waals surface area contributed by atoms with E-state index in [2.05, 4.69) is 138 Å². The van der Waals surface area contributed by atoms with Crippen LogP contribution >= 0.6 is 0 Å². The summed E-state index contributed by atoms with van der Waals surface area (Å²) in [6.45, 7) is -0.0908. The van der Waals surface area contributed by atoms with Gasteiger partial charge in [0.2, 0.25) is 0 Å². The minimum Gasteiger partial charge on any atom is -0.457 e. The van der Waals surface area contributed by atoms with E-state index in [4.69, 9.17) is 8.83 Å². The molecule has 0 atom stereocenters. The number of hydrogen-bond acceptors (Lipinski definition) is 2. The Labute approximate surface area is 253 Å². The standard InChI is InChI=1S/C40H24BNO2/c1-2-14-30-29(13-1)39-37(31-15-5-9-19-35(31)43-39)41(38-32-16-6-10-20-36(32)44-40(30)38)25-21-23-26(24-22-25)42-33-17-7-3-11-27(33)28-12-4-8-18-34(28)42/h1-24H. The maximum absolute atomic E-state index is 6.69. The van der Waals surface area contributed by atoms with Crippen molar-refractivity contribution in [2.24, 2.45) is 0 Å². The van der Waals surface area contributed by atoms with Crippen LogP contribution in [0, 0.1) is 0 Å². The van der Waals surface area contributed by atoms with E-state index in [0.29, 0.717) is 0 Å². The molecule has 1 aliphatic rings. The van der Waals surface area contributed by atoms with Crippen LogP contribution in [0.5, 0.6) is 0 Å². The fourth-order valence-electron chi connectivity index (χ4n) is 7.48. The van der Waals surface area contributed by atoms with Crippen molar-refractivity contribution in [3.63, 3.8) is 0 Å². The van der Waals surface area contributed by atoms with Crippen molar-refractivity contribution in [3.8, 4) is 28.3 Å². The molecule has 4 heteroatoms. The summed E-state index contributed by atoms with van der Waals surface area (Å²) in [6, 6.07) is 51.7. The highest BCUT2D eigenvalue weighted by Gasteiger charge is 2.39. The lowest BCUT2D eigenvalue weighted by atomic mass is 9.36. The molecule has 0 N–H and O–H groups in total. The zero-order valence-corrected chi connectivity index (χ0v) is 23.7. The van der Waals surface area contributed by atoms with Gasteiger partial charge in [0.15, 0.2) is 0 Å². The number of para-hydroxylation sites is 4. The molecule has 3 aromatic heterocycles. The van der Waals surface area contributed by atoms with Gasteiger partial charge in [0.05, 0.1) is 11.0 Å². The Hall–Kier alpha value is -5.74. The maximum Gasteiger partial charge on any atom is 0.252 e. The Morgan fingerprint density at radius 1 is 0.409 bits per heavy atom. The second-order valence-corrected chi connectivity index (χ2v) is 11.6. The average Bonchev–Trinajstić information content (AvgIpc) is 3.74. The van der Waals surface area contributed by atoms with E-state index in [1.807, 2.05) is 12.1 Å². The molecule has 0 amide bonds. The van der Waals surface area contributed by atoms with Crippen molar-refractivity contribution in [2.45, 2.75) is 0 Å². The van der Waals surface area contributed by atoms with Gasteiger partial charge in [-0.3, -0.25) is 0 Å². The summed E-state index contributed by atoms with van der Waals surface area (Å²) in [4.78, 5) is 0. The van der Waals surface area contributed by atoms with Gasteiger partial charge in [0, 0.05) is 38.4 Å². The highest BCUT2D eigenvalue weighted by Crippen LogP contribution is 2.39. The van der Waals surface area contributed by atoms with Crippen LogP contribution < -0.4 is 16.4 Å². The SMILES string of the molecule is c1ccc2c(c1)-c1oc3ccccc3c1B(c1ccc(-n3c4ccccc4c4ccccc43)cc1)c1c-2oc2ccccc12. The summed E-state index contributed by atoms with van der Waals surface area (Å²) < 4.78 is 15.8. The van der Waals surface area contributed by atoms with Gasteiger partial charge in [-0.15, -0.1) is 0 Å². The first-order valence-electron chi connectivity index (χ1n) is 15.1. The number of hydrogen-bond donors (Lipinski definition) is 0. The Morgan fingerprint density at radius 3 is 1.36 bits per heavy atom. The fourth-order valence-corrected chi connectivity index (χ4v) is 7.48. The molecule has 0 spiro atoms. The second kappa shape index (κ2) is 8.89. The molecule has 6 aromatic carbocycles. The van der Waals surface area contributed by atoms with E-state index in [9.17, 15) is 0 Å². The summed E-state index contributed by atoms with van der Waals surface area (Å²) in [5, 5.41) is 4.79. The largest absolute Gasteiger partial charge is 0.457 e. The van der Waals surface area contributed by atoms with Gasteiger partial charge in [-0.2, -0.15) is 0 Å².